The van der Waals surface area contributed by atoms with Gasteiger partial charge in [-0.1, -0.05) is 30.3 Å². The van der Waals surface area contributed by atoms with Crippen LogP contribution >= 0.6 is 12.2 Å². The fourth-order valence-electron chi connectivity index (χ4n) is 1.66. The molecule has 3 N–H and O–H groups in total. The van der Waals surface area contributed by atoms with E-state index in [1.807, 2.05) is 37.3 Å². The first kappa shape index (κ1) is 14.9. The topological polar surface area (TPSA) is 55.7 Å². The average Bonchev–Trinajstić information content (AvgIpc) is 2.39. The summed E-state index contributed by atoms with van der Waals surface area (Å²) in [6.07, 6.45) is 0. The number of nitrogens with one attached hydrogen (secondary N) is 1. The highest BCUT2D eigenvalue weighted by atomic mass is 32.1. The van der Waals surface area contributed by atoms with Gasteiger partial charge in [0.15, 0.2) is 5.11 Å². The first-order valence-corrected chi connectivity index (χ1v) is 6.42. The minimum absolute atomic E-state index is 0.0154. The van der Waals surface area contributed by atoms with Crippen LogP contribution in [0.1, 0.15) is 18.5 Å². The van der Waals surface area contributed by atoms with Gasteiger partial charge in [0.1, 0.15) is 0 Å². The summed E-state index contributed by atoms with van der Waals surface area (Å²) in [7, 11) is 0. The summed E-state index contributed by atoms with van der Waals surface area (Å²) in [5.41, 5.74) is 1.15. The van der Waals surface area contributed by atoms with E-state index in [-0.39, 0.29) is 19.3 Å². The smallest absolute Gasteiger partial charge is 0.169 e. The Morgan fingerprint density at radius 1 is 1.22 bits per heavy atom. The number of benzene rings is 1. The van der Waals surface area contributed by atoms with Crippen molar-refractivity contribution in [2.75, 3.05) is 26.3 Å². The monoisotopic (exact) mass is 268 g/mol. The Balaban J connectivity index is 2.57. The van der Waals surface area contributed by atoms with Crippen molar-refractivity contribution in [1.29, 1.82) is 0 Å². The molecular weight excluding hydrogens is 248 g/mol. The maximum Gasteiger partial charge on any atom is 0.169 e. The zero-order valence-corrected chi connectivity index (χ0v) is 11.4. The van der Waals surface area contributed by atoms with Gasteiger partial charge < -0.3 is 20.4 Å². The first-order chi connectivity index (χ1) is 8.69. The largest absolute Gasteiger partial charge is 0.395 e. The van der Waals surface area contributed by atoms with Crippen LogP contribution in [0, 0.1) is 0 Å². The Hall–Kier alpha value is -1.17. The Bertz CT molecular complexity index is 353. The lowest BCUT2D eigenvalue weighted by molar-refractivity contribution is 0.210. The van der Waals surface area contributed by atoms with Gasteiger partial charge in [-0.05, 0) is 24.7 Å². The van der Waals surface area contributed by atoms with Crippen LogP contribution in [0.2, 0.25) is 0 Å². The Labute approximate surface area is 113 Å². The van der Waals surface area contributed by atoms with Crippen molar-refractivity contribution in [2.45, 2.75) is 13.0 Å². The van der Waals surface area contributed by atoms with Crippen LogP contribution in [0.15, 0.2) is 30.3 Å². The average molecular weight is 268 g/mol. The molecule has 1 rings (SSSR count). The highest BCUT2D eigenvalue weighted by Gasteiger charge is 2.12. The highest BCUT2D eigenvalue weighted by Crippen LogP contribution is 2.11. The van der Waals surface area contributed by atoms with Crippen molar-refractivity contribution in [1.82, 2.24) is 10.2 Å². The first-order valence-electron chi connectivity index (χ1n) is 6.01. The number of hydrogen-bond acceptors (Lipinski definition) is 3. The molecule has 1 unspecified atom stereocenters. The van der Waals surface area contributed by atoms with Crippen molar-refractivity contribution in [3.05, 3.63) is 35.9 Å². The molecule has 4 nitrogen and oxygen atoms in total. The molecule has 0 aliphatic heterocycles. The maximum atomic E-state index is 8.95. The molecule has 0 fully saturated rings. The third-order valence-electron chi connectivity index (χ3n) is 2.67. The fourth-order valence-corrected chi connectivity index (χ4v) is 2.02. The summed E-state index contributed by atoms with van der Waals surface area (Å²) in [4.78, 5) is 1.76. The number of rotatable bonds is 6. The summed E-state index contributed by atoms with van der Waals surface area (Å²) in [6, 6.07) is 10.1. The molecule has 1 aromatic carbocycles. The Kier molecular flexibility index (Phi) is 6.64. The van der Waals surface area contributed by atoms with Crippen molar-refractivity contribution in [3.63, 3.8) is 0 Å². The third-order valence-corrected chi connectivity index (χ3v) is 3.04. The zero-order valence-electron chi connectivity index (χ0n) is 10.5. The second kappa shape index (κ2) is 8.02. The number of hydrogen-bond donors (Lipinski definition) is 3. The number of nitrogens with zero attached hydrogens (tertiary/aromatic N) is 1. The molecule has 0 bridgehead atoms. The van der Waals surface area contributed by atoms with Crippen LogP contribution in [0.5, 0.6) is 0 Å². The van der Waals surface area contributed by atoms with E-state index >= 15 is 0 Å². The van der Waals surface area contributed by atoms with E-state index in [1.165, 1.54) is 0 Å². The van der Waals surface area contributed by atoms with Gasteiger partial charge in [-0.15, -0.1) is 0 Å². The normalized spacial score (nSPS) is 11.9. The lowest BCUT2D eigenvalue weighted by atomic mass is 10.1. The lowest BCUT2D eigenvalue weighted by Gasteiger charge is -2.27. The molecule has 1 aromatic rings. The SMILES string of the molecule is CC(NC(=S)N(CCO)CCO)c1ccccc1. The summed E-state index contributed by atoms with van der Waals surface area (Å²) < 4.78 is 0. The van der Waals surface area contributed by atoms with Gasteiger partial charge in [0.25, 0.3) is 0 Å². The predicted molar refractivity (Wildman–Crippen MR) is 76.3 cm³/mol. The molecular formula is C13H20N2O2S. The molecule has 5 heteroatoms. The molecule has 0 spiro atoms. The molecule has 0 saturated carbocycles. The van der Waals surface area contributed by atoms with Crippen molar-refractivity contribution in [3.8, 4) is 0 Å². The fraction of sp³-hybridized carbons (Fsp3) is 0.462. The quantitative estimate of drug-likeness (QED) is 0.670. The minimum Gasteiger partial charge on any atom is -0.395 e. The van der Waals surface area contributed by atoms with E-state index in [9.17, 15) is 0 Å². The zero-order chi connectivity index (χ0) is 13.4. The number of thiocarbonyl (C=S) groups is 1. The predicted octanol–water partition coefficient (Wildman–Crippen LogP) is 0.909. The van der Waals surface area contributed by atoms with Crippen LogP contribution < -0.4 is 5.32 Å². The van der Waals surface area contributed by atoms with E-state index in [0.29, 0.717) is 18.2 Å². The molecule has 0 radical (unpaired) electrons. The van der Waals surface area contributed by atoms with E-state index in [4.69, 9.17) is 22.4 Å². The lowest BCUT2D eigenvalue weighted by Crippen LogP contribution is -2.43. The van der Waals surface area contributed by atoms with Crippen molar-refractivity contribution < 1.29 is 10.2 Å². The van der Waals surface area contributed by atoms with Crippen LogP contribution in [-0.4, -0.2) is 46.5 Å². The Morgan fingerprint density at radius 3 is 2.28 bits per heavy atom. The van der Waals surface area contributed by atoms with Gasteiger partial charge in [-0.2, -0.15) is 0 Å². The van der Waals surface area contributed by atoms with E-state index in [2.05, 4.69) is 5.32 Å². The van der Waals surface area contributed by atoms with Gasteiger partial charge in [0.05, 0.1) is 19.3 Å². The van der Waals surface area contributed by atoms with Gasteiger partial charge in [-0.3, -0.25) is 0 Å². The van der Waals surface area contributed by atoms with Crippen LogP contribution in [0.3, 0.4) is 0 Å². The summed E-state index contributed by atoms with van der Waals surface area (Å²) in [5, 5.41) is 21.7. The molecule has 0 heterocycles. The van der Waals surface area contributed by atoms with E-state index < -0.39 is 0 Å². The molecule has 1 atom stereocenters. The number of aliphatic hydroxyl groups excluding tert-OH is 2. The molecule has 0 aliphatic carbocycles. The van der Waals surface area contributed by atoms with Gasteiger partial charge in [0, 0.05) is 13.1 Å². The second-order valence-electron chi connectivity index (χ2n) is 4.02. The summed E-state index contributed by atoms with van der Waals surface area (Å²) in [5.74, 6) is 0. The second-order valence-corrected chi connectivity index (χ2v) is 4.40. The molecule has 0 saturated heterocycles. The minimum atomic E-state index is 0.0154. The van der Waals surface area contributed by atoms with Crippen LogP contribution in [0.25, 0.3) is 0 Å². The van der Waals surface area contributed by atoms with E-state index in [0.717, 1.165) is 5.56 Å². The van der Waals surface area contributed by atoms with Crippen molar-refractivity contribution in [2.24, 2.45) is 0 Å². The Morgan fingerprint density at radius 2 is 1.78 bits per heavy atom. The third kappa shape index (κ3) is 4.60. The molecule has 18 heavy (non-hydrogen) atoms. The summed E-state index contributed by atoms with van der Waals surface area (Å²) in [6.45, 7) is 2.91. The van der Waals surface area contributed by atoms with Gasteiger partial charge in [-0.25, -0.2) is 0 Å². The summed E-state index contributed by atoms with van der Waals surface area (Å²) >= 11 is 5.28. The highest BCUT2D eigenvalue weighted by molar-refractivity contribution is 7.80. The van der Waals surface area contributed by atoms with Crippen LogP contribution in [-0.2, 0) is 0 Å². The van der Waals surface area contributed by atoms with Gasteiger partial charge in [0.2, 0.25) is 0 Å². The standard InChI is InChI=1S/C13H20N2O2S/c1-11(12-5-3-2-4-6-12)14-13(18)15(7-9-16)8-10-17/h2-6,11,16-17H,7-10H2,1H3,(H,14,18). The number of aliphatic hydroxyl groups is 2. The van der Waals surface area contributed by atoms with Crippen LogP contribution in [0.4, 0.5) is 0 Å². The molecule has 100 valence electrons. The van der Waals surface area contributed by atoms with E-state index in [1.54, 1.807) is 4.90 Å². The molecule has 0 aromatic heterocycles. The molecule has 0 amide bonds. The maximum absolute atomic E-state index is 8.95. The van der Waals surface area contributed by atoms with Gasteiger partial charge >= 0.3 is 0 Å². The molecule has 0 aliphatic rings. The van der Waals surface area contributed by atoms with Crippen molar-refractivity contribution >= 4 is 17.3 Å².